The Labute approximate surface area is 116 Å². The molecular formula is C14H18O6. The highest BCUT2D eigenvalue weighted by molar-refractivity contribution is 5.79. The van der Waals surface area contributed by atoms with Gasteiger partial charge in [-0.3, -0.25) is 0 Å². The van der Waals surface area contributed by atoms with E-state index in [1.807, 2.05) is 0 Å². The number of ether oxygens (including phenoxy) is 2. The summed E-state index contributed by atoms with van der Waals surface area (Å²) in [7, 11) is 1.42. The average molecular weight is 282 g/mol. The van der Waals surface area contributed by atoms with Gasteiger partial charge in [0.25, 0.3) is 0 Å². The van der Waals surface area contributed by atoms with Crippen molar-refractivity contribution in [3.05, 3.63) is 35.9 Å². The molecule has 0 heterocycles. The smallest absolute Gasteiger partial charge is 0.328 e. The normalized spacial score (nSPS) is 14.2. The molecule has 1 rings (SSSR count). The fraction of sp³-hybridized carbons (Fsp3) is 0.357. The monoisotopic (exact) mass is 282 g/mol. The summed E-state index contributed by atoms with van der Waals surface area (Å²) in [6, 6.07) is 4.44. The van der Waals surface area contributed by atoms with Crippen LogP contribution in [0.5, 0.6) is 11.5 Å². The van der Waals surface area contributed by atoms with Gasteiger partial charge in [-0.1, -0.05) is 6.07 Å². The maximum absolute atomic E-state index is 10.5. The van der Waals surface area contributed by atoms with Crippen LogP contribution in [0.25, 0.3) is 0 Å². The second-order valence-electron chi connectivity index (χ2n) is 3.99. The Bertz CT molecular complexity index is 483. The van der Waals surface area contributed by atoms with Crippen LogP contribution < -0.4 is 4.74 Å². The first-order chi connectivity index (χ1) is 9.49. The van der Waals surface area contributed by atoms with Gasteiger partial charge < -0.3 is 24.8 Å². The van der Waals surface area contributed by atoms with Crippen LogP contribution in [0, 0.1) is 0 Å². The van der Waals surface area contributed by atoms with Crippen molar-refractivity contribution in [2.75, 3.05) is 13.7 Å². The molecule has 110 valence electrons. The van der Waals surface area contributed by atoms with E-state index in [-0.39, 0.29) is 11.5 Å². The number of carboxylic acid groups (broad SMARTS) is 1. The zero-order valence-corrected chi connectivity index (χ0v) is 11.3. The van der Waals surface area contributed by atoms with Crippen molar-refractivity contribution in [3.63, 3.8) is 0 Å². The van der Waals surface area contributed by atoms with E-state index in [9.17, 15) is 15.0 Å². The van der Waals surface area contributed by atoms with Gasteiger partial charge in [0.2, 0.25) is 0 Å². The molecule has 0 radical (unpaired) electrons. The number of hydrogen-bond donors (Lipinski definition) is 3. The highest BCUT2D eigenvalue weighted by Gasteiger charge is 2.20. The van der Waals surface area contributed by atoms with Gasteiger partial charge in [-0.15, -0.1) is 0 Å². The van der Waals surface area contributed by atoms with Crippen molar-refractivity contribution < 1.29 is 29.6 Å². The van der Waals surface area contributed by atoms with Crippen molar-refractivity contribution in [1.29, 1.82) is 0 Å². The molecule has 0 amide bonds. The summed E-state index contributed by atoms with van der Waals surface area (Å²) in [5.74, 6) is -0.948. The molecule has 6 heteroatoms. The minimum absolute atomic E-state index is 0.110. The molecule has 1 aromatic rings. The van der Waals surface area contributed by atoms with E-state index in [2.05, 4.69) is 0 Å². The van der Waals surface area contributed by atoms with Crippen LogP contribution in [0.2, 0.25) is 0 Å². The molecule has 0 bridgehead atoms. The lowest BCUT2D eigenvalue weighted by atomic mass is 10.0. The van der Waals surface area contributed by atoms with Crippen LogP contribution >= 0.6 is 0 Å². The third-order valence-electron chi connectivity index (χ3n) is 2.64. The van der Waals surface area contributed by atoms with Gasteiger partial charge in [0.1, 0.15) is 12.2 Å². The lowest BCUT2D eigenvalue weighted by Gasteiger charge is -2.20. The SMILES string of the molecule is CCO[C@@H](/C=C/C(=O)O)[C@@H](O)c1ccc(OC)c(O)c1. The first-order valence-corrected chi connectivity index (χ1v) is 6.07. The molecule has 0 fully saturated rings. The third kappa shape index (κ3) is 4.25. The fourth-order valence-corrected chi connectivity index (χ4v) is 1.70. The quantitative estimate of drug-likeness (QED) is 0.655. The molecule has 1 aromatic carbocycles. The molecule has 20 heavy (non-hydrogen) atoms. The van der Waals surface area contributed by atoms with Crippen LogP contribution in [0.3, 0.4) is 0 Å². The molecule has 0 aliphatic rings. The number of carbonyl (C=O) groups is 1. The van der Waals surface area contributed by atoms with E-state index < -0.39 is 18.2 Å². The summed E-state index contributed by atoms with van der Waals surface area (Å²) >= 11 is 0. The van der Waals surface area contributed by atoms with Crippen molar-refractivity contribution in [2.45, 2.75) is 19.1 Å². The van der Waals surface area contributed by atoms with Crippen LogP contribution in [-0.4, -0.2) is 41.1 Å². The number of hydrogen-bond acceptors (Lipinski definition) is 5. The molecule has 0 aliphatic heterocycles. The van der Waals surface area contributed by atoms with E-state index in [0.717, 1.165) is 6.08 Å². The van der Waals surface area contributed by atoms with Gasteiger partial charge >= 0.3 is 5.97 Å². The number of aliphatic hydroxyl groups excluding tert-OH is 1. The van der Waals surface area contributed by atoms with Gasteiger partial charge in [0.15, 0.2) is 11.5 Å². The Balaban J connectivity index is 2.96. The molecule has 0 saturated carbocycles. The van der Waals surface area contributed by atoms with Gasteiger partial charge in [0, 0.05) is 12.7 Å². The number of aromatic hydroxyl groups is 1. The number of aliphatic carboxylic acids is 1. The first-order valence-electron chi connectivity index (χ1n) is 6.07. The zero-order chi connectivity index (χ0) is 15.1. The number of benzene rings is 1. The number of rotatable bonds is 7. The molecule has 0 aliphatic carbocycles. The van der Waals surface area contributed by atoms with Gasteiger partial charge in [0.05, 0.1) is 7.11 Å². The van der Waals surface area contributed by atoms with E-state index >= 15 is 0 Å². The highest BCUT2D eigenvalue weighted by Crippen LogP contribution is 2.30. The van der Waals surface area contributed by atoms with Crippen molar-refractivity contribution in [1.82, 2.24) is 0 Å². The second-order valence-corrected chi connectivity index (χ2v) is 3.99. The molecule has 2 atom stereocenters. The summed E-state index contributed by atoms with van der Waals surface area (Å²) in [4.78, 5) is 10.5. The number of carboxylic acids is 1. The van der Waals surface area contributed by atoms with Crippen LogP contribution in [-0.2, 0) is 9.53 Å². The summed E-state index contributed by atoms with van der Waals surface area (Å²) < 4.78 is 10.2. The van der Waals surface area contributed by atoms with Crippen LogP contribution in [0.15, 0.2) is 30.4 Å². The molecule has 0 unspecified atom stereocenters. The Morgan fingerprint density at radius 1 is 1.45 bits per heavy atom. The zero-order valence-electron chi connectivity index (χ0n) is 11.3. The van der Waals surface area contributed by atoms with E-state index in [1.165, 1.54) is 25.3 Å². The summed E-state index contributed by atoms with van der Waals surface area (Å²) in [6.45, 7) is 2.05. The van der Waals surface area contributed by atoms with Gasteiger partial charge in [-0.25, -0.2) is 4.79 Å². The fourth-order valence-electron chi connectivity index (χ4n) is 1.70. The lowest BCUT2D eigenvalue weighted by molar-refractivity contribution is -0.131. The summed E-state index contributed by atoms with van der Waals surface area (Å²) in [5, 5.41) is 28.5. The molecule has 0 aromatic heterocycles. The third-order valence-corrected chi connectivity index (χ3v) is 2.64. The first kappa shape index (κ1) is 16.0. The predicted molar refractivity (Wildman–Crippen MR) is 71.8 cm³/mol. The Morgan fingerprint density at radius 3 is 2.65 bits per heavy atom. The minimum Gasteiger partial charge on any atom is -0.504 e. The Hall–Kier alpha value is -2.05. The molecule has 3 N–H and O–H groups in total. The number of phenolic OH excluding ortho intramolecular Hbond substituents is 1. The molecule has 0 spiro atoms. The largest absolute Gasteiger partial charge is 0.504 e. The van der Waals surface area contributed by atoms with Crippen molar-refractivity contribution in [2.24, 2.45) is 0 Å². The van der Waals surface area contributed by atoms with Crippen molar-refractivity contribution >= 4 is 5.97 Å². The molecule has 0 saturated heterocycles. The lowest BCUT2D eigenvalue weighted by Crippen LogP contribution is -2.20. The van der Waals surface area contributed by atoms with Crippen molar-refractivity contribution in [3.8, 4) is 11.5 Å². The standard InChI is InChI=1S/C14H18O6/c1-3-20-12(6-7-13(16)17)14(18)9-4-5-11(19-2)10(15)8-9/h4-8,12,14-15,18H,3H2,1-2H3,(H,16,17)/b7-6+/t12-,14-/m0/s1. The summed E-state index contributed by atoms with van der Waals surface area (Å²) in [5.41, 5.74) is 0.400. The topological polar surface area (TPSA) is 96.2 Å². The van der Waals surface area contributed by atoms with E-state index in [0.29, 0.717) is 12.2 Å². The Morgan fingerprint density at radius 2 is 2.15 bits per heavy atom. The number of aliphatic hydroxyl groups is 1. The van der Waals surface area contributed by atoms with E-state index in [1.54, 1.807) is 13.0 Å². The maximum atomic E-state index is 10.5. The Kier molecular flexibility index (Phi) is 6.02. The number of phenols is 1. The summed E-state index contributed by atoms with van der Waals surface area (Å²) in [6.07, 6.45) is 0.260. The number of methoxy groups -OCH3 is 1. The second kappa shape index (κ2) is 7.52. The minimum atomic E-state index is -1.13. The molecule has 6 nitrogen and oxygen atoms in total. The molecular weight excluding hydrogens is 264 g/mol. The van der Waals surface area contributed by atoms with Crippen LogP contribution in [0.4, 0.5) is 0 Å². The maximum Gasteiger partial charge on any atom is 0.328 e. The van der Waals surface area contributed by atoms with E-state index in [4.69, 9.17) is 14.6 Å². The highest BCUT2D eigenvalue weighted by atomic mass is 16.5. The van der Waals surface area contributed by atoms with Gasteiger partial charge in [-0.2, -0.15) is 0 Å². The van der Waals surface area contributed by atoms with Gasteiger partial charge in [-0.05, 0) is 30.7 Å². The van der Waals surface area contributed by atoms with Crippen LogP contribution in [0.1, 0.15) is 18.6 Å². The predicted octanol–water partition coefficient (Wildman–Crippen LogP) is 1.48. The average Bonchev–Trinajstić information content (AvgIpc) is 2.42.